The van der Waals surface area contributed by atoms with Crippen molar-refractivity contribution in [2.45, 2.75) is 64.8 Å². The van der Waals surface area contributed by atoms with Gasteiger partial charge in [0.15, 0.2) is 5.82 Å². The van der Waals surface area contributed by atoms with Gasteiger partial charge >= 0.3 is 0 Å². The molecule has 5 rings (SSSR count). The van der Waals surface area contributed by atoms with E-state index < -0.39 is 0 Å². The summed E-state index contributed by atoms with van der Waals surface area (Å²) in [6, 6.07) is 0.247. The van der Waals surface area contributed by atoms with E-state index >= 15 is 0 Å². The number of carbonyl (C=O) groups is 3. The van der Waals surface area contributed by atoms with Gasteiger partial charge in [0.25, 0.3) is 5.91 Å². The molecule has 3 saturated carbocycles. The molecule has 0 spiro atoms. The third-order valence-electron chi connectivity index (χ3n) is 10.1. The Balaban J connectivity index is 1.27. The van der Waals surface area contributed by atoms with Crippen LogP contribution in [0.5, 0.6) is 0 Å². The summed E-state index contributed by atoms with van der Waals surface area (Å²) in [7, 11) is 5.14. The van der Waals surface area contributed by atoms with E-state index in [0.29, 0.717) is 41.7 Å². The second kappa shape index (κ2) is 8.49. The number of carbonyl (C=O) groups excluding carboxylic acids is 3. The lowest BCUT2D eigenvalue weighted by Gasteiger charge is -2.59. The molecule has 0 radical (unpaired) electrons. The standard InChI is InChI=1S/C27H39N5O3/c1-26-12-10-19-17(7-9-20-27(19,2)13-11-22(33)28-20)18(26)8-6-16(26)14-23(34)29-21-15-32(5)24(30-21)25(35)31(3)4/h11,13,15-20H,6-10,12,14H2,1-5H3,(H,28,33)(H,29,34)/t16-,17+,18+,19+,20-,26-,27-/m1/s1. The summed E-state index contributed by atoms with van der Waals surface area (Å²) in [4.78, 5) is 43.1. The van der Waals surface area contributed by atoms with Crippen molar-refractivity contribution in [1.82, 2.24) is 19.8 Å². The number of aryl methyl sites for hydroxylation is 1. The minimum atomic E-state index is -0.188. The molecule has 1 aromatic heterocycles. The van der Waals surface area contributed by atoms with Gasteiger partial charge in [0.2, 0.25) is 17.6 Å². The fourth-order valence-electron chi connectivity index (χ4n) is 8.12. The summed E-state index contributed by atoms with van der Waals surface area (Å²) in [6.07, 6.45) is 12.9. The van der Waals surface area contributed by atoms with Gasteiger partial charge in [-0.05, 0) is 73.7 Å². The fraction of sp³-hybridized carbons (Fsp3) is 0.704. The lowest BCUT2D eigenvalue weighted by Crippen LogP contribution is -2.59. The number of anilines is 1. The Kier molecular flexibility index (Phi) is 5.84. The molecule has 0 bridgehead atoms. The van der Waals surface area contributed by atoms with Crippen molar-refractivity contribution < 1.29 is 14.4 Å². The van der Waals surface area contributed by atoms with Crippen LogP contribution in [0.2, 0.25) is 0 Å². The van der Waals surface area contributed by atoms with Crippen molar-refractivity contribution in [2.24, 2.45) is 41.5 Å². The Bertz CT molecular complexity index is 1080. The molecule has 0 unspecified atom stereocenters. The molecule has 0 saturated heterocycles. The van der Waals surface area contributed by atoms with Crippen LogP contribution >= 0.6 is 0 Å². The highest BCUT2D eigenvalue weighted by molar-refractivity contribution is 5.93. The van der Waals surface area contributed by atoms with Crippen LogP contribution in [-0.4, -0.2) is 52.3 Å². The van der Waals surface area contributed by atoms with E-state index in [-0.39, 0.29) is 34.6 Å². The highest BCUT2D eigenvalue weighted by Gasteiger charge is 2.59. The first-order chi connectivity index (χ1) is 16.5. The number of aromatic nitrogens is 2. The molecular formula is C27H39N5O3. The van der Waals surface area contributed by atoms with E-state index in [1.165, 1.54) is 11.3 Å². The minimum absolute atomic E-state index is 0.0189. The zero-order valence-electron chi connectivity index (χ0n) is 21.6. The summed E-state index contributed by atoms with van der Waals surface area (Å²) < 4.78 is 1.66. The summed E-state index contributed by atoms with van der Waals surface area (Å²) in [5.41, 5.74) is 0.202. The van der Waals surface area contributed by atoms with Gasteiger partial charge in [-0.2, -0.15) is 0 Å². The Labute approximate surface area is 207 Å². The second-order valence-electron chi connectivity index (χ2n) is 12.0. The van der Waals surface area contributed by atoms with Crippen molar-refractivity contribution >= 4 is 23.5 Å². The molecule has 3 fully saturated rings. The predicted molar refractivity (Wildman–Crippen MR) is 133 cm³/mol. The van der Waals surface area contributed by atoms with Gasteiger partial charge in [0.05, 0.1) is 0 Å². The lowest BCUT2D eigenvalue weighted by atomic mass is 9.48. The van der Waals surface area contributed by atoms with Crippen molar-refractivity contribution in [3.63, 3.8) is 0 Å². The van der Waals surface area contributed by atoms with Gasteiger partial charge in [-0.1, -0.05) is 19.9 Å². The summed E-state index contributed by atoms with van der Waals surface area (Å²) in [5.74, 6) is 2.81. The molecule has 7 atom stereocenters. The van der Waals surface area contributed by atoms with Crippen LogP contribution in [0, 0.1) is 34.5 Å². The summed E-state index contributed by atoms with van der Waals surface area (Å²) >= 11 is 0. The van der Waals surface area contributed by atoms with Crippen molar-refractivity contribution in [2.75, 3.05) is 19.4 Å². The highest BCUT2D eigenvalue weighted by atomic mass is 16.2. The number of hydrogen-bond acceptors (Lipinski definition) is 4. The summed E-state index contributed by atoms with van der Waals surface area (Å²) in [5, 5.41) is 6.18. The van der Waals surface area contributed by atoms with E-state index in [1.807, 2.05) is 0 Å². The van der Waals surface area contributed by atoms with E-state index in [2.05, 4.69) is 35.5 Å². The van der Waals surface area contributed by atoms with Gasteiger partial charge in [0.1, 0.15) is 0 Å². The highest BCUT2D eigenvalue weighted by Crippen LogP contribution is 2.65. The van der Waals surface area contributed by atoms with Gasteiger partial charge in [-0.25, -0.2) is 4.98 Å². The molecule has 35 heavy (non-hydrogen) atoms. The van der Waals surface area contributed by atoms with E-state index in [4.69, 9.17) is 0 Å². The largest absolute Gasteiger partial charge is 0.349 e. The Morgan fingerprint density at radius 2 is 1.94 bits per heavy atom. The molecular weight excluding hydrogens is 442 g/mol. The Hall–Kier alpha value is -2.64. The van der Waals surface area contributed by atoms with Crippen molar-refractivity contribution in [3.8, 4) is 0 Å². The zero-order chi connectivity index (χ0) is 25.1. The van der Waals surface area contributed by atoms with Gasteiger partial charge in [-0.3, -0.25) is 14.4 Å². The van der Waals surface area contributed by atoms with Crippen LogP contribution in [0.25, 0.3) is 0 Å². The van der Waals surface area contributed by atoms with Gasteiger partial charge < -0.3 is 20.1 Å². The predicted octanol–water partition coefficient (Wildman–Crippen LogP) is 3.36. The number of nitrogens with one attached hydrogen (secondary N) is 2. The van der Waals surface area contributed by atoms with Crippen LogP contribution in [0.3, 0.4) is 0 Å². The molecule has 0 aromatic carbocycles. The van der Waals surface area contributed by atoms with Crippen LogP contribution in [0.4, 0.5) is 5.82 Å². The SMILES string of the molecule is CN(C)C(=O)c1nc(NC(=O)C[C@H]2CC[C@H]3[C@@H]4CC[C@H]5NC(=O)C=C[C@]5(C)[C@H]4CC[C@]23C)cn1C. The number of nitrogens with zero attached hydrogens (tertiary/aromatic N) is 3. The average Bonchev–Trinajstić information content (AvgIpc) is 3.32. The molecule has 190 valence electrons. The van der Waals surface area contributed by atoms with E-state index in [9.17, 15) is 14.4 Å². The Morgan fingerprint density at radius 3 is 2.69 bits per heavy atom. The quantitative estimate of drug-likeness (QED) is 0.689. The van der Waals surface area contributed by atoms with Crippen LogP contribution in [-0.2, 0) is 16.6 Å². The number of fused-ring (bicyclic) bond motifs is 5. The molecule has 3 amide bonds. The fourth-order valence-corrected chi connectivity index (χ4v) is 8.12. The Morgan fingerprint density at radius 1 is 1.17 bits per heavy atom. The third-order valence-corrected chi connectivity index (χ3v) is 10.1. The molecule has 4 aliphatic rings. The van der Waals surface area contributed by atoms with Gasteiger partial charge in [-0.15, -0.1) is 0 Å². The van der Waals surface area contributed by atoms with Crippen molar-refractivity contribution in [3.05, 3.63) is 24.2 Å². The van der Waals surface area contributed by atoms with Crippen molar-refractivity contribution in [1.29, 1.82) is 0 Å². The first-order valence-electron chi connectivity index (χ1n) is 13.1. The molecule has 1 aliphatic heterocycles. The van der Waals surface area contributed by atoms with Crippen LogP contribution in [0.1, 0.15) is 69.4 Å². The van der Waals surface area contributed by atoms with Gasteiger partial charge in [0, 0.05) is 45.2 Å². The molecule has 8 heteroatoms. The first-order valence-corrected chi connectivity index (χ1v) is 13.1. The smallest absolute Gasteiger partial charge is 0.289 e. The normalized spacial score (nSPS) is 37.6. The maximum Gasteiger partial charge on any atom is 0.289 e. The number of amides is 3. The topological polar surface area (TPSA) is 96.3 Å². The van der Waals surface area contributed by atoms with E-state index in [1.54, 1.807) is 38.0 Å². The third kappa shape index (κ3) is 3.89. The second-order valence-corrected chi connectivity index (χ2v) is 12.0. The number of hydrogen-bond donors (Lipinski definition) is 2. The lowest BCUT2D eigenvalue weighted by molar-refractivity contribution is -0.123. The molecule has 2 heterocycles. The number of rotatable bonds is 4. The monoisotopic (exact) mass is 481 g/mol. The summed E-state index contributed by atoms with van der Waals surface area (Å²) in [6.45, 7) is 4.76. The van der Waals surface area contributed by atoms with E-state index in [0.717, 1.165) is 32.1 Å². The van der Waals surface area contributed by atoms with Crippen LogP contribution < -0.4 is 10.6 Å². The molecule has 3 aliphatic carbocycles. The van der Waals surface area contributed by atoms with Crippen LogP contribution in [0.15, 0.2) is 18.3 Å². The average molecular weight is 482 g/mol. The minimum Gasteiger partial charge on any atom is -0.349 e. The zero-order valence-corrected chi connectivity index (χ0v) is 21.6. The maximum absolute atomic E-state index is 13.1. The number of imidazole rings is 1. The molecule has 8 nitrogen and oxygen atoms in total. The molecule has 1 aromatic rings. The maximum atomic E-state index is 13.1. The molecule has 2 N–H and O–H groups in total. The first kappa shape index (κ1) is 24.1.